The summed E-state index contributed by atoms with van der Waals surface area (Å²) in [6.45, 7) is 0.476. The van der Waals surface area contributed by atoms with E-state index < -0.39 is 26.7 Å². The monoisotopic (exact) mass is 398 g/mol. The summed E-state index contributed by atoms with van der Waals surface area (Å²) in [6.07, 6.45) is 0. The van der Waals surface area contributed by atoms with Gasteiger partial charge in [0.05, 0.1) is 16.7 Å². The van der Waals surface area contributed by atoms with Crippen molar-refractivity contribution in [3.63, 3.8) is 0 Å². The molecule has 0 aliphatic heterocycles. The minimum atomic E-state index is -1.81. The van der Waals surface area contributed by atoms with Gasteiger partial charge in [-0.2, -0.15) is 0 Å². The molecule has 1 N–H and O–H groups in total. The molecule has 0 amide bonds. The van der Waals surface area contributed by atoms with E-state index in [2.05, 4.69) is 0 Å². The number of hydrogen-bond donors (Lipinski definition) is 1. The number of alkyl halides is 4. The van der Waals surface area contributed by atoms with E-state index in [1.807, 2.05) is 0 Å². The number of allylic oxidation sites excluding steroid dienone is 2. The number of carbonyl (C=O) groups excluding carboxylic acids is 1. The van der Waals surface area contributed by atoms with E-state index >= 15 is 0 Å². The summed E-state index contributed by atoms with van der Waals surface area (Å²) in [7, 11) is 0. The molecule has 0 unspecified atom stereocenters. The Bertz CT molecular complexity index is 554. The first-order valence-electron chi connectivity index (χ1n) is 5.35. The van der Waals surface area contributed by atoms with Crippen LogP contribution in [0.3, 0.4) is 0 Å². The molecule has 0 saturated heterocycles. The fourth-order valence-electron chi connectivity index (χ4n) is 2.44. The molecule has 20 heavy (non-hydrogen) atoms. The van der Waals surface area contributed by atoms with Gasteiger partial charge in [0.25, 0.3) is 0 Å². The summed E-state index contributed by atoms with van der Waals surface area (Å²) < 4.78 is 3.09. The van der Waals surface area contributed by atoms with Crippen molar-refractivity contribution in [2.75, 3.05) is 13.2 Å². The van der Waals surface area contributed by atoms with Crippen LogP contribution in [0.15, 0.2) is 21.2 Å². The van der Waals surface area contributed by atoms with Gasteiger partial charge in [-0.05, 0) is 5.57 Å². The molecule has 2 atom stereocenters. The quantitative estimate of drug-likeness (QED) is 0.446. The van der Waals surface area contributed by atoms with Crippen molar-refractivity contribution < 1.29 is 14.6 Å². The van der Waals surface area contributed by atoms with Gasteiger partial charge in [0.2, 0.25) is 0 Å². The summed E-state index contributed by atoms with van der Waals surface area (Å²) in [5.74, 6) is -0.539. The van der Waals surface area contributed by atoms with Gasteiger partial charge in [-0.1, -0.05) is 46.4 Å². The first-order valence-corrected chi connectivity index (χ1v) is 7.62. The molecule has 112 valence electrons. The Labute approximate surface area is 145 Å². The molecule has 2 bridgehead atoms. The third-order valence-electron chi connectivity index (χ3n) is 3.44. The second-order valence-corrected chi connectivity index (χ2v) is 7.63. The molecule has 0 saturated carbocycles. The molecule has 0 spiro atoms. The lowest BCUT2D eigenvalue weighted by Crippen LogP contribution is -2.46. The maximum absolute atomic E-state index is 11.0. The van der Waals surface area contributed by atoms with Gasteiger partial charge in [0, 0.05) is 12.5 Å². The van der Waals surface area contributed by atoms with Gasteiger partial charge in [-0.3, -0.25) is 4.79 Å². The minimum Gasteiger partial charge on any atom is -0.461 e. The number of carbonyl (C=O) groups is 1. The number of rotatable bonds is 3. The summed E-state index contributed by atoms with van der Waals surface area (Å²) in [4.78, 5) is 7.67. The zero-order valence-corrected chi connectivity index (χ0v) is 14.5. The standard InChI is InChI=1S/C11H8Cl6O3/c1-4(19)20-3-6-5(2-18)9(14)7(12)8(13)10(6,15)11(9,16)17/h18H,2-3H2,1H3/t9-,10+/m0/s1. The molecule has 2 rings (SSSR count). The van der Waals surface area contributed by atoms with Crippen LogP contribution in [-0.4, -0.2) is 38.4 Å². The molecule has 9 heteroatoms. The lowest BCUT2D eigenvalue weighted by molar-refractivity contribution is -0.140. The Balaban J connectivity index is 2.62. The Hall–Kier alpha value is 0.650. The minimum absolute atomic E-state index is 0.0415. The first kappa shape index (κ1) is 17.0. The first-order chi connectivity index (χ1) is 9.06. The van der Waals surface area contributed by atoms with Crippen molar-refractivity contribution in [2.24, 2.45) is 0 Å². The maximum Gasteiger partial charge on any atom is 0.302 e. The molecular formula is C11H8Cl6O3. The largest absolute Gasteiger partial charge is 0.461 e. The average molecular weight is 401 g/mol. The number of aliphatic hydroxyl groups is 1. The zero-order chi connectivity index (χ0) is 15.5. The molecule has 0 fully saturated rings. The maximum atomic E-state index is 11.0. The second-order valence-electron chi connectivity index (χ2n) is 4.41. The Morgan fingerprint density at radius 2 is 1.55 bits per heavy atom. The van der Waals surface area contributed by atoms with Gasteiger partial charge < -0.3 is 9.84 Å². The van der Waals surface area contributed by atoms with Crippen LogP contribution in [0.5, 0.6) is 0 Å². The number of aliphatic hydroxyl groups excluding tert-OH is 1. The summed E-state index contributed by atoms with van der Waals surface area (Å²) in [6, 6.07) is 0. The van der Waals surface area contributed by atoms with Crippen LogP contribution in [0.2, 0.25) is 0 Å². The number of fused-ring (bicyclic) bond motifs is 2. The van der Waals surface area contributed by atoms with Crippen LogP contribution in [-0.2, 0) is 9.53 Å². The fraction of sp³-hybridized carbons (Fsp3) is 0.545. The van der Waals surface area contributed by atoms with Crippen molar-refractivity contribution in [3.8, 4) is 0 Å². The van der Waals surface area contributed by atoms with E-state index in [-0.39, 0.29) is 27.8 Å². The zero-order valence-electron chi connectivity index (χ0n) is 9.95. The van der Waals surface area contributed by atoms with E-state index in [9.17, 15) is 9.90 Å². The fourth-order valence-corrected chi connectivity index (χ4v) is 5.22. The van der Waals surface area contributed by atoms with Crippen molar-refractivity contribution in [2.45, 2.75) is 21.0 Å². The highest BCUT2D eigenvalue weighted by atomic mass is 35.5. The van der Waals surface area contributed by atoms with Crippen LogP contribution in [0, 0.1) is 0 Å². The molecule has 2 aliphatic carbocycles. The second kappa shape index (κ2) is 5.09. The van der Waals surface area contributed by atoms with Crippen LogP contribution in [0.4, 0.5) is 0 Å². The lowest BCUT2D eigenvalue weighted by Gasteiger charge is -2.33. The summed E-state index contributed by atoms with van der Waals surface area (Å²) in [5, 5.41) is 9.47. The van der Waals surface area contributed by atoms with Crippen LogP contribution >= 0.6 is 69.6 Å². The predicted octanol–water partition coefficient (Wildman–Crippen LogP) is 3.68. The molecule has 0 aromatic heterocycles. The van der Waals surface area contributed by atoms with Crippen molar-refractivity contribution in [1.29, 1.82) is 0 Å². The van der Waals surface area contributed by atoms with Crippen molar-refractivity contribution in [3.05, 3.63) is 21.2 Å². The lowest BCUT2D eigenvalue weighted by atomic mass is 9.96. The molecule has 0 radical (unpaired) electrons. The third-order valence-corrected chi connectivity index (χ3v) is 7.59. The number of halogens is 6. The van der Waals surface area contributed by atoms with E-state index in [1.54, 1.807) is 0 Å². The average Bonchev–Trinajstić information content (AvgIpc) is 2.56. The normalized spacial score (nSPS) is 35.0. The van der Waals surface area contributed by atoms with Crippen molar-refractivity contribution in [1.82, 2.24) is 0 Å². The van der Waals surface area contributed by atoms with Crippen LogP contribution < -0.4 is 0 Å². The van der Waals surface area contributed by atoms with Gasteiger partial charge >= 0.3 is 5.97 Å². The van der Waals surface area contributed by atoms with E-state index in [4.69, 9.17) is 74.3 Å². The number of hydrogen-bond acceptors (Lipinski definition) is 3. The molecule has 0 aromatic rings. The third kappa shape index (κ3) is 1.75. The highest BCUT2D eigenvalue weighted by Crippen LogP contribution is 2.73. The van der Waals surface area contributed by atoms with E-state index in [0.717, 1.165) is 0 Å². The van der Waals surface area contributed by atoms with Gasteiger partial charge in [0.15, 0.2) is 4.33 Å². The predicted molar refractivity (Wildman–Crippen MR) is 81.1 cm³/mol. The van der Waals surface area contributed by atoms with E-state index in [0.29, 0.717) is 0 Å². The van der Waals surface area contributed by atoms with Crippen molar-refractivity contribution >= 4 is 75.6 Å². The number of esters is 1. The van der Waals surface area contributed by atoms with E-state index in [1.165, 1.54) is 6.92 Å². The Kier molecular flexibility index (Phi) is 4.33. The molecular weight excluding hydrogens is 393 g/mol. The summed E-state index contributed by atoms with van der Waals surface area (Å²) in [5.41, 5.74) is 0.432. The van der Waals surface area contributed by atoms with Crippen LogP contribution in [0.1, 0.15) is 6.92 Å². The highest BCUT2D eigenvalue weighted by molar-refractivity contribution is 6.67. The molecule has 0 aromatic carbocycles. The topological polar surface area (TPSA) is 46.5 Å². The smallest absolute Gasteiger partial charge is 0.302 e. The van der Waals surface area contributed by atoms with Gasteiger partial charge in [-0.15, -0.1) is 23.2 Å². The molecule has 0 heterocycles. The highest BCUT2D eigenvalue weighted by Gasteiger charge is 2.77. The van der Waals surface area contributed by atoms with Gasteiger partial charge in [-0.25, -0.2) is 0 Å². The summed E-state index contributed by atoms with van der Waals surface area (Å²) >= 11 is 37.6. The SMILES string of the molecule is CC(=O)OCC1=C(CO)[C@]2(Cl)C(Cl)=C(Cl)[C@@]1(Cl)C2(Cl)Cl. The molecule has 2 aliphatic rings. The van der Waals surface area contributed by atoms with Gasteiger partial charge in [0.1, 0.15) is 16.4 Å². The van der Waals surface area contributed by atoms with Crippen LogP contribution in [0.25, 0.3) is 0 Å². The Morgan fingerprint density at radius 3 is 1.95 bits per heavy atom. The Morgan fingerprint density at radius 1 is 1.10 bits per heavy atom. The molecule has 3 nitrogen and oxygen atoms in total. The number of ether oxygens (including phenoxy) is 1.